The molecule has 0 bridgehead atoms. The van der Waals surface area contributed by atoms with Crippen molar-refractivity contribution in [1.29, 1.82) is 0 Å². The third-order valence-electron chi connectivity index (χ3n) is 4.23. The van der Waals surface area contributed by atoms with E-state index in [1.165, 1.54) is 96.0 Å². The largest absolute Gasteiger partial charge is 0.478 e. The van der Waals surface area contributed by atoms with Crippen molar-refractivity contribution in [3.05, 3.63) is 12.2 Å². The molecule has 0 atom stereocenters. The molecule has 0 heterocycles. The Hall–Kier alpha value is -0.0497. The molecular weight excluding hydrogens is 380 g/mol. The number of rotatable bonds is 17. The third kappa shape index (κ3) is 24.3. The van der Waals surface area contributed by atoms with Crippen LogP contribution in [-0.4, -0.2) is 11.1 Å². The maximum absolute atomic E-state index is 10.3. The number of carboxylic acid groups (broad SMARTS) is 1. The molecule has 23 heavy (non-hydrogen) atoms. The Bertz CT molecular complexity index is 264. The van der Waals surface area contributed by atoms with Gasteiger partial charge in [-0.25, -0.2) is 4.79 Å². The summed E-state index contributed by atoms with van der Waals surface area (Å²) in [5, 5.41) is 8.45. The van der Waals surface area contributed by atoms with Gasteiger partial charge in [0.15, 0.2) is 0 Å². The molecule has 0 aliphatic carbocycles. The number of aliphatic carboxylic acids is 1. The van der Waals surface area contributed by atoms with Crippen molar-refractivity contribution < 1.29 is 32.3 Å². The van der Waals surface area contributed by atoms with E-state index in [1.807, 2.05) is 0 Å². The van der Waals surface area contributed by atoms with E-state index in [1.54, 1.807) is 6.08 Å². The summed E-state index contributed by atoms with van der Waals surface area (Å²) in [7, 11) is 0. The molecule has 0 rings (SSSR count). The van der Waals surface area contributed by atoms with E-state index >= 15 is 0 Å². The average molecular weight is 418 g/mol. The first-order valence-corrected chi connectivity index (χ1v) is 9.67. The molecule has 0 aliphatic rings. The van der Waals surface area contributed by atoms with Crippen LogP contribution in [-0.2, 0) is 27.2 Å². The monoisotopic (exact) mass is 417 g/mol. The van der Waals surface area contributed by atoms with Crippen LogP contribution in [0.5, 0.6) is 0 Å². The van der Waals surface area contributed by atoms with Gasteiger partial charge in [-0.2, -0.15) is 0 Å². The fourth-order valence-corrected chi connectivity index (χ4v) is 2.82. The first kappa shape index (κ1) is 25.2. The van der Waals surface area contributed by atoms with Crippen LogP contribution in [0.25, 0.3) is 0 Å². The molecule has 0 aromatic rings. The molecule has 0 aromatic heterocycles. The SMILES string of the molecule is CCCCCCCCCCCCCCCCCC=CC(=O)O.[Ag]. The minimum Gasteiger partial charge on any atom is -0.478 e. The summed E-state index contributed by atoms with van der Waals surface area (Å²) in [5.74, 6) is -0.832. The molecule has 0 saturated carbocycles. The van der Waals surface area contributed by atoms with Gasteiger partial charge >= 0.3 is 5.97 Å². The number of hydrogen-bond acceptors (Lipinski definition) is 1. The normalized spacial score (nSPS) is 10.8. The standard InChI is InChI=1S/C20H38O2.Ag/c1-2-3-4-5-6-7-8-9-10-11-12-13-14-15-16-17-18-19-20(21)22;/h18-19H,2-17H2,1H3,(H,21,22);. The molecule has 2 nitrogen and oxygen atoms in total. The predicted octanol–water partition coefficient (Wildman–Crippen LogP) is 6.89. The summed E-state index contributed by atoms with van der Waals surface area (Å²) >= 11 is 0. The predicted molar refractivity (Wildman–Crippen MR) is 96.3 cm³/mol. The summed E-state index contributed by atoms with van der Waals surface area (Å²) in [6, 6.07) is 0. The Morgan fingerprint density at radius 1 is 0.696 bits per heavy atom. The van der Waals surface area contributed by atoms with Crippen molar-refractivity contribution >= 4 is 5.97 Å². The molecule has 0 amide bonds. The second kappa shape index (κ2) is 22.0. The van der Waals surface area contributed by atoms with Crippen LogP contribution in [0.2, 0.25) is 0 Å². The number of allylic oxidation sites excluding steroid dienone is 1. The quantitative estimate of drug-likeness (QED) is 0.159. The molecule has 0 spiro atoms. The van der Waals surface area contributed by atoms with Crippen LogP contribution in [0.3, 0.4) is 0 Å². The van der Waals surface area contributed by atoms with Crippen LogP contribution >= 0.6 is 0 Å². The number of hydrogen-bond donors (Lipinski definition) is 1. The van der Waals surface area contributed by atoms with Crippen LogP contribution in [0.15, 0.2) is 12.2 Å². The number of unbranched alkanes of at least 4 members (excludes halogenated alkanes) is 15. The summed E-state index contributed by atoms with van der Waals surface area (Å²) < 4.78 is 0. The summed E-state index contributed by atoms with van der Waals surface area (Å²) in [6.07, 6.45) is 24.5. The molecule has 3 heteroatoms. The fourth-order valence-electron chi connectivity index (χ4n) is 2.82. The van der Waals surface area contributed by atoms with Crippen molar-refractivity contribution in [3.8, 4) is 0 Å². The maximum Gasteiger partial charge on any atom is 0.327 e. The van der Waals surface area contributed by atoms with Gasteiger partial charge in [-0.05, 0) is 12.8 Å². The minimum absolute atomic E-state index is 0. The van der Waals surface area contributed by atoms with Gasteiger partial charge in [-0.1, -0.05) is 103 Å². The Kier molecular flexibility index (Phi) is 24.0. The van der Waals surface area contributed by atoms with Crippen LogP contribution in [0.1, 0.15) is 110 Å². The Balaban J connectivity index is 0. The van der Waals surface area contributed by atoms with E-state index in [2.05, 4.69) is 6.92 Å². The zero-order valence-electron chi connectivity index (χ0n) is 15.1. The third-order valence-corrected chi connectivity index (χ3v) is 4.23. The first-order valence-electron chi connectivity index (χ1n) is 9.67. The molecule has 1 N–H and O–H groups in total. The summed E-state index contributed by atoms with van der Waals surface area (Å²) in [6.45, 7) is 2.27. The Morgan fingerprint density at radius 2 is 1.04 bits per heavy atom. The van der Waals surface area contributed by atoms with E-state index in [0.29, 0.717) is 0 Å². The van der Waals surface area contributed by atoms with Gasteiger partial charge in [0, 0.05) is 28.5 Å². The molecule has 1 radical (unpaired) electrons. The minimum atomic E-state index is -0.832. The van der Waals surface area contributed by atoms with E-state index in [0.717, 1.165) is 12.8 Å². The van der Waals surface area contributed by atoms with Crippen LogP contribution < -0.4 is 0 Å². The van der Waals surface area contributed by atoms with Gasteiger partial charge in [-0.15, -0.1) is 0 Å². The van der Waals surface area contributed by atoms with Crippen molar-refractivity contribution in [2.45, 2.75) is 110 Å². The van der Waals surface area contributed by atoms with E-state index in [9.17, 15) is 4.79 Å². The second-order valence-electron chi connectivity index (χ2n) is 6.48. The van der Waals surface area contributed by atoms with E-state index < -0.39 is 5.97 Å². The molecule has 0 aromatic carbocycles. The average Bonchev–Trinajstić information content (AvgIpc) is 2.50. The zero-order valence-corrected chi connectivity index (χ0v) is 16.6. The smallest absolute Gasteiger partial charge is 0.327 e. The molecule has 0 aliphatic heterocycles. The van der Waals surface area contributed by atoms with Gasteiger partial charge in [0.05, 0.1) is 0 Å². The molecule has 0 saturated heterocycles. The van der Waals surface area contributed by atoms with Gasteiger partial charge < -0.3 is 5.11 Å². The maximum atomic E-state index is 10.3. The van der Waals surface area contributed by atoms with Gasteiger partial charge in [0.25, 0.3) is 0 Å². The molecular formula is C20H38AgO2. The Morgan fingerprint density at radius 3 is 1.39 bits per heavy atom. The zero-order chi connectivity index (χ0) is 16.3. The van der Waals surface area contributed by atoms with Crippen molar-refractivity contribution in [3.63, 3.8) is 0 Å². The number of carbonyl (C=O) groups is 1. The molecule has 0 unspecified atom stereocenters. The van der Waals surface area contributed by atoms with E-state index in [4.69, 9.17) is 5.11 Å². The van der Waals surface area contributed by atoms with Crippen molar-refractivity contribution in [1.82, 2.24) is 0 Å². The molecule has 141 valence electrons. The Labute approximate surface area is 160 Å². The van der Waals surface area contributed by atoms with Crippen molar-refractivity contribution in [2.24, 2.45) is 0 Å². The first-order chi connectivity index (χ1) is 10.8. The summed E-state index contributed by atoms with van der Waals surface area (Å²) in [4.78, 5) is 10.3. The van der Waals surface area contributed by atoms with E-state index in [-0.39, 0.29) is 22.4 Å². The van der Waals surface area contributed by atoms with Gasteiger partial charge in [0.2, 0.25) is 0 Å². The van der Waals surface area contributed by atoms with Crippen molar-refractivity contribution in [2.75, 3.05) is 0 Å². The van der Waals surface area contributed by atoms with Crippen LogP contribution in [0.4, 0.5) is 0 Å². The van der Waals surface area contributed by atoms with Gasteiger partial charge in [-0.3, -0.25) is 0 Å². The fraction of sp³-hybridized carbons (Fsp3) is 0.850. The topological polar surface area (TPSA) is 37.3 Å². The summed E-state index contributed by atoms with van der Waals surface area (Å²) in [5.41, 5.74) is 0. The van der Waals surface area contributed by atoms with Crippen LogP contribution in [0, 0.1) is 0 Å². The van der Waals surface area contributed by atoms with Gasteiger partial charge in [0.1, 0.15) is 0 Å². The molecule has 0 fully saturated rings. The number of carboxylic acids is 1. The second-order valence-corrected chi connectivity index (χ2v) is 6.48.